The van der Waals surface area contributed by atoms with Crippen LogP contribution in [0.5, 0.6) is 11.5 Å². The largest absolute Gasteiger partial charge is 0.493 e. The van der Waals surface area contributed by atoms with Crippen LogP contribution < -0.4 is 9.47 Å². The van der Waals surface area contributed by atoms with Gasteiger partial charge in [0.05, 0.1) is 18.8 Å². The summed E-state index contributed by atoms with van der Waals surface area (Å²) < 4.78 is 11.7. The summed E-state index contributed by atoms with van der Waals surface area (Å²) in [5, 5.41) is 9.49. The topological polar surface area (TPSA) is 55.8 Å². The monoisotopic (exact) mass is 392 g/mol. The summed E-state index contributed by atoms with van der Waals surface area (Å²) in [4.78, 5) is 11.6. The fraction of sp³-hybridized carbons (Fsp3) is 0.708. The van der Waals surface area contributed by atoms with Gasteiger partial charge in [-0.3, -0.25) is 0 Å². The molecule has 1 aromatic rings. The molecule has 1 N–H and O–H groups in total. The summed E-state index contributed by atoms with van der Waals surface area (Å²) in [7, 11) is 0. The van der Waals surface area contributed by atoms with Crippen molar-refractivity contribution in [2.75, 3.05) is 13.2 Å². The Bertz CT molecular complexity index is 554. The number of hydrogen-bond donors (Lipinski definition) is 1. The second-order valence-corrected chi connectivity index (χ2v) is 7.63. The number of carbonyl (C=O) groups is 1. The van der Waals surface area contributed by atoms with Crippen LogP contribution in [0, 0.1) is 6.92 Å². The van der Waals surface area contributed by atoms with Gasteiger partial charge in [-0.15, -0.1) is 0 Å². The van der Waals surface area contributed by atoms with Crippen LogP contribution in [-0.2, 0) is 0 Å². The number of hydrogen-bond acceptors (Lipinski definition) is 3. The van der Waals surface area contributed by atoms with Gasteiger partial charge in [0, 0.05) is 11.6 Å². The molecule has 0 saturated carbocycles. The van der Waals surface area contributed by atoms with Gasteiger partial charge in [-0.25, -0.2) is 4.79 Å². The molecule has 0 bridgehead atoms. The molecular formula is C24H40O4. The van der Waals surface area contributed by atoms with E-state index in [0.29, 0.717) is 30.3 Å². The maximum atomic E-state index is 11.6. The highest BCUT2D eigenvalue weighted by atomic mass is 16.5. The first kappa shape index (κ1) is 24.3. The molecule has 0 heterocycles. The van der Waals surface area contributed by atoms with Crippen LogP contribution >= 0.6 is 0 Å². The first-order valence-corrected chi connectivity index (χ1v) is 11.2. The summed E-state index contributed by atoms with van der Waals surface area (Å²) in [6.45, 7) is 7.47. The zero-order chi connectivity index (χ0) is 20.6. The van der Waals surface area contributed by atoms with Gasteiger partial charge in [0.25, 0.3) is 0 Å². The third kappa shape index (κ3) is 10.0. The molecule has 0 radical (unpaired) electrons. The first-order valence-electron chi connectivity index (χ1n) is 11.2. The van der Waals surface area contributed by atoms with Crippen LogP contribution in [0.25, 0.3) is 0 Å². The summed E-state index contributed by atoms with van der Waals surface area (Å²) >= 11 is 0. The van der Waals surface area contributed by atoms with Crippen molar-refractivity contribution >= 4 is 5.97 Å². The van der Waals surface area contributed by atoms with Crippen LogP contribution in [0.15, 0.2) is 12.1 Å². The third-order valence-electron chi connectivity index (χ3n) is 5.09. The molecule has 1 rings (SSSR count). The Labute approximate surface area is 171 Å². The lowest BCUT2D eigenvalue weighted by molar-refractivity contribution is 0.0695. The van der Waals surface area contributed by atoms with Gasteiger partial charge in [0.1, 0.15) is 11.5 Å². The van der Waals surface area contributed by atoms with Crippen molar-refractivity contribution in [2.45, 2.75) is 97.8 Å². The van der Waals surface area contributed by atoms with E-state index in [-0.39, 0.29) is 5.56 Å². The number of aromatic carboxylic acids is 1. The van der Waals surface area contributed by atoms with Gasteiger partial charge < -0.3 is 14.6 Å². The van der Waals surface area contributed by atoms with Crippen molar-refractivity contribution in [2.24, 2.45) is 0 Å². The van der Waals surface area contributed by atoms with Crippen LogP contribution in [0.2, 0.25) is 0 Å². The molecule has 0 atom stereocenters. The minimum absolute atomic E-state index is 0.262. The lowest BCUT2D eigenvalue weighted by atomic mass is 10.1. The molecule has 160 valence electrons. The zero-order valence-corrected chi connectivity index (χ0v) is 18.2. The number of ether oxygens (including phenoxy) is 2. The van der Waals surface area contributed by atoms with Crippen LogP contribution in [-0.4, -0.2) is 24.3 Å². The molecule has 0 aliphatic rings. The van der Waals surface area contributed by atoms with E-state index in [0.717, 1.165) is 25.7 Å². The zero-order valence-electron chi connectivity index (χ0n) is 18.2. The van der Waals surface area contributed by atoms with Gasteiger partial charge in [0.15, 0.2) is 0 Å². The molecule has 0 saturated heterocycles. The SMILES string of the molecule is CCCCCCCCOc1cc(OCCCCCCCC)c(C)c(C(=O)O)c1. The highest BCUT2D eigenvalue weighted by Gasteiger charge is 2.15. The molecule has 4 nitrogen and oxygen atoms in total. The summed E-state index contributed by atoms with van der Waals surface area (Å²) in [6.07, 6.45) is 14.4. The normalized spacial score (nSPS) is 10.8. The van der Waals surface area contributed by atoms with E-state index in [1.165, 1.54) is 51.4 Å². The summed E-state index contributed by atoms with van der Waals surface area (Å²) in [6, 6.07) is 3.46. The van der Waals surface area contributed by atoms with E-state index in [9.17, 15) is 9.90 Å². The second kappa shape index (κ2) is 15.2. The van der Waals surface area contributed by atoms with Gasteiger partial charge in [-0.1, -0.05) is 78.1 Å². The average Bonchev–Trinajstić information content (AvgIpc) is 2.68. The van der Waals surface area contributed by atoms with Crippen molar-refractivity contribution in [3.63, 3.8) is 0 Å². The molecule has 0 amide bonds. The molecule has 0 aliphatic heterocycles. The van der Waals surface area contributed by atoms with E-state index in [4.69, 9.17) is 9.47 Å². The Hall–Kier alpha value is -1.71. The molecule has 1 aromatic carbocycles. The Kier molecular flexibility index (Phi) is 13.2. The molecular weight excluding hydrogens is 352 g/mol. The van der Waals surface area contributed by atoms with Crippen molar-refractivity contribution in [1.82, 2.24) is 0 Å². The smallest absolute Gasteiger partial charge is 0.336 e. The van der Waals surface area contributed by atoms with Gasteiger partial charge >= 0.3 is 5.97 Å². The van der Waals surface area contributed by atoms with E-state index < -0.39 is 5.97 Å². The quantitative estimate of drug-likeness (QED) is 0.285. The lowest BCUT2D eigenvalue weighted by Crippen LogP contribution is -2.06. The Morgan fingerprint density at radius 3 is 1.82 bits per heavy atom. The third-order valence-corrected chi connectivity index (χ3v) is 5.09. The second-order valence-electron chi connectivity index (χ2n) is 7.63. The predicted molar refractivity (Wildman–Crippen MR) is 116 cm³/mol. The minimum atomic E-state index is -0.938. The van der Waals surface area contributed by atoms with E-state index in [1.807, 2.05) is 6.07 Å². The number of carboxylic acids is 1. The summed E-state index contributed by atoms with van der Waals surface area (Å²) in [5.74, 6) is 0.285. The van der Waals surface area contributed by atoms with Crippen molar-refractivity contribution in [1.29, 1.82) is 0 Å². The number of benzene rings is 1. The molecule has 0 aliphatic carbocycles. The predicted octanol–water partition coefficient (Wildman–Crippen LogP) is 7.17. The Morgan fingerprint density at radius 1 is 0.786 bits per heavy atom. The molecule has 0 aromatic heterocycles. The van der Waals surface area contributed by atoms with Crippen molar-refractivity contribution < 1.29 is 19.4 Å². The fourth-order valence-corrected chi connectivity index (χ4v) is 3.25. The van der Waals surface area contributed by atoms with Gasteiger partial charge in [-0.2, -0.15) is 0 Å². The maximum absolute atomic E-state index is 11.6. The highest BCUT2D eigenvalue weighted by molar-refractivity contribution is 5.90. The number of carboxylic acid groups (broad SMARTS) is 1. The lowest BCUT2D eigenvalue weighted by Gasteiger charge is -2.14. The maximum Gasteiger partial charge on any atom is 0.336 e. The average molecular weight is 393 g/mol. The molecule has 0 spiro atoms. The van der Waals surface area contributed by atoms with Crippen LogP contribution in [0.4, 0.5) is 0 Å². The highest BCUT2D eigenvalue weighted by Crippen LogP contribution is 2.29. The van der Waals surface area contributed by atoms with Crippen molar-refractivity contribution in [3.05, 3.63) is 23.3 Å². The fourth-order valence-electron chi connectivity index (χ4n) is 3.25. The van der Waals surface area contributed by atoms with E-state index in [1.54, 1.807) is 13.0 Å². The standard InChI is InChI=1S/C24H40O4/c1-4-6-8-10-12-14-16-27-21-18-22(24(25)26)20(3)23(19-21)28-17-15-13-11-9-7-5-2/h18-19H,4-17H2,1-3H3,(H,25,26). The Balaban J connectivity index is 2.50. The number of unbranched alkanes of at least 4 members (excludes halogenated alkanes) is 10. The molecule has 0 fully saturated rings. The molecule has 0 unspecified atom stereocenters. The minimum Gasteiger partial charge on any atom is -0.493 e. The molecule has 4 heteroatoms. The summed E-state index contributed by atoms with van der Waals surface area (Å²) in [5.41, 5.74) is 0.934. The van der Waals surface area contributed by atoms with E-state index in [2.05, 4.69) is 13.8 Å². The van der Waals surface area contributed by atoms with Crippen molar-refractivity contribution in [3.8, 4) is 11.5 Å². The van der Waals surface area contributed by atoms with Gasteiger partial charge in [-0.05, 0) is 25.8 Å². The Morgan fingerprint density at radius 2 is 1.29 bits per heavy atom. The first-order chi connectivity index (χ1) is 13.6. The van der Waals surface area contributed by atoms with E-state index >= 15 is 0 Å². The van der Waals surface area contributed by atoms with Crippen LogP contribution in [0.1, 0.15) is 107 Å². The molecule has 28 heavy (non-hydrogen) atoms. The van der Waals surface area contributed by atoms with Crippen LogP contribution in [0.3, 0.4) is 0 Å². The number of rotatable bonds is 17. The van der Waals surface area contributed by atoms with Gasteiger partial charge in [0.2, 0.25) is 0 Å².